The molecule has 16 heavy (non-hydrogen) atoms. The van der Waals surface area contributed by atoms with Gasteiger partial charge in [0.1, 0.15) is 6.61 Å². The van der Waals surface area contributed by atoms with Gasteiger partial charge in [-0.2, -0.15) is 13.2 Å². The number of hydrogen-bond donors (Lipinski definition) is 0. The summed E-state index contributed by atoms with van der Waals surface area (Å²) in [5.74, 6) is -0.527. The summed E-state index contributed by atoms with van der Waals surface area (Å²) in [7, 11) is 0. The molecule has 0 heterocycles. The number of carbonyl (C=O) groups is 1. The molecule has 0 bridgehead atoms. The molecule has 0 atom stereocenters. The van der Waals surface area contributed by atoms with Gasteiger partial charge in [0, 0.05) is 13.0 Å². The number of hydrogen-bond acceptors (Lipinski definition) is 3. The zero-order valence-electron chi connectivity index (χ0n) is 9.31. The fourth-order valence-electron chi connectivity index (χ4n) is 0.902. The fraction of sp³-hybridized carbons (Fsp3) is 0.900. The summed E-state index contributed by atoms with van der Waals surface area (Å²) in [6.07, 6.45) is -3.49. The molecule has 0 saturated carbocycles. The van der Waals surface area contributed by atoms with Gasteiger partial charge in [-0.1, -0.05) is 13.3 Å². The molecular weight excluding hydrogens is 225 g/mol. The minimum absolute atomic E-state index is 0.0810. The number of unbranched alkanes of at least 4 members (excludes halogenated alkanes) is 1. The van der Waals surface area contributed by atoms with E-state index in [0.29, 0.717) is 6.61 Å². The molecule has 0 aromatic heterocycles. The lowest BCUT2D eigenvalue weighted by molar-refractivity contribution is -0.150. The maximum absolute atomic E-state index is 11.7. The molecule has 6 heteroatoms. The van der Waals surface area contributed by atoms with Gasteiger partial charge >= 0.3 is 12.1 Å². The zero-order valence-corrected chi connectivity index (χ0v) is 9.31. The van der Waals surface area contributed by atoms with Crippen LogP contribution in [0.15, 0.2) is 0 Å². The molecule has 0 spiro atoms. The Hall–Kier alpha value is -0.780. The molecule has 0 amide bonds. The number of carbonyl (C=O) groups excluding carboxylic acids is 1. The lowest BCUT2D eigenvalue weighted by Gasteiger charge is -2.07. The fourth-order valence-corrected chi connectivity index (χ4v) is 0.902. The number of alkyl halides is 3. The largest absolute Gasteiger partial charge is 0.464 e. The van der Waals surface area contributed by atoms with Gasteiger partial charge in [0.2, 0.25) is 0 Å². The molecule has 0 aliphatic carbocycles. The van der Waals surface area contributed by atoms with Crippen molar-refractivity contribution in [3.63, 3.8) is 0 Å². The van der Waals surface area contributed by atoms with Gasteiger partial charge in [0.25, 0.3) is 0 Å². The molecule has 0 aromatic carbocycles. The van der Waals surface area contributed by atoms with Crippen LogP contribution in [0.25, 0.3) is 0 Å². The second kappa shape index (κ2) is 8.38. The second-order valence-electron chi connectivity index (χ2n) is 3.35. The minimum atomic E-state index is -4.16. The van der Waals surface area contributed by atoms with E-state index < -0.39 is 18.6 Å². The van der Waals surface area contributed by atoms with Crippen molar-refractivity contribution in [2.24, 2.45) is 0 Å². The maximum atomic E-state index is 11.7. The van der Waals surface area contributed by atoms with Crippen molar-refractivity contribution >= 4 is 5.97 Å². The van der Waals surface area contributed by atoms with E-state index in [1.807, 2.05) is 6.92 Å². The third-order valence-electron chi connectivity index (χ3n) is 1.73. The lowest BCUT2D eigenvalue weighted by Crippen LogP contribution is -2.15. The van der Waals surface area contributed by atoms with Crippen molar-refractivity contribution in [1.29, 1.82) is 0 Å². The van der Waals surface area contributed by atoms with Gasteiger partial charge in [-0.3, -0.25) is 0 Å². The molecule has 0 radical (unpaired) electrons. The quantitative estimate of drug-likeness (QED) is 0.485. The van der Waals surface area contributed by atoms with E-state index in [-0.39, 0.29) is 19.6 Å². The summed E-state index contributed by atoms with van der Waals surface area (Å²) in [6, 6.07) is 0. The van der Waals surface area contributed by atoms with Crippen LogP contribution in [-0.4, -0.2) is 32.0 Å². The van der Waals surface area contributed by atoms with E-state index in [1.165, 1.54) is 0 Å². The smallest absolute Gasteiger partial charge is 0.389 e. The molecule has 0 aliphatic heterocycles. The van der Waals surface area contributed by atoms with E-state index in [0.717, 1.165) is 12.8 Å². The molecule has 0 fully saturated rings. The van der Waals surface area contributed by atoms with Gasteiger partial charge in [-0.05, 0) is 12.8 Å². The van der Waals surface area contributed by atoms with Crippen molar-refractivity contribution in [1.82, 2.24) is 0 Å². The van der Waals surface area contributed by atoms with Crippen LogP contribution in [0.1, 0.15) is 32.6 Å². The highest BCUT2D eigenvalue weighted by molar-refractivity contribution is 5.70. The third-order valence-corrected chi connectivity index (χ3v) is 1.73. The summed E-state index contributed by atoms with van der Waals surface area (Å²) in [6.45, 7) is 1.94. The van der Waals surface area contributed by atoms with E-state index in [2.05, 4.69) is 0 Å². The Morgan fingerprint density at radius 2 is 1.88 bits per heavy atom. The number of rotatable bonds is 8. The average molecular weight is 242 g/mol. The SMILES string of the molecule is CCCCOC(=O)COCCCC(F)(F)F. The lowest BCUT2D eigenvalue weighted by atomic mass is 10.3. The Morgan fingerprint density at radius 1 is 1.19 bits per heavy atom. The third kappa shape index (κ3) is 11.3. The average Bonchev–Trinajstić information content (AvgIpc) is 2.16. The van der Waals surface area contributed by atoms with Crippen molar-refractivity contribution < 1.29 is 27.4 Å². The van der Waals surface area contributed by atoms with Crippen LogP contribution in [0.3, 0.4) is 0 Å². The number of esters is 1. The van der Waals surface area contributed by atoms with Crippen molar-refractivity contribution in [3.05, 3.63) is 0 Å². The molecular formula is C10H17F3O3. The molecule has 96 valence electrons. The first-order chi connectivity index (χ1) is 7.45. The maximum Gasteiger partial charge on any atom is 0.389 e. The van der Waals surface area contributed by atoms with Crippen molar-refractivity contribution in [3.8, 4) is 0 Å². The Bertz CT molecular complexity index is 192. The van der Waals surface area contributed by atoms with E-state index in [4.69, 9.17) is 9.47 Å². The standard InChI is InChI=1S/C10H17F3O3/c1-2-3-7-16-9(14)8-15-6-4-5-10(11,12)13/h2-8H2,1H3. The molecule has 0 aliphatic rings. The van der Waals surface area contributed by atoms with Gasteiger partial charge in [-0.25, -0.2) is 4.79 Å². The molecule has 3 nitrogen and oxygen atoms in total. The molecule has 0 N–H and O–H groups in total. The normalized spacial score (nSPS) is 11.5. The Morgan fingerprint density at radius 3 is 2.44 bits per heavy atom. The van der Waals surface area contributed by atoms with Gasteiger partial charge in [0.15, 0.2) is 0 Å². The number of ether oxygens (including phenoxy) is 2. The molecule has 0 rings (SSSR count). The molecule has 0 aromatic rings. The summed E-state index contributed by atoms with van der Waals surface area (Å²) >= 11 is 0. The summed E-state index contributed by atoms with van der Waals surface area (Å²) in [5.41, 5.74) is 0. The first-order valence-electron chi connectivity index (χ1n) is 5.26. The summed E-state index contributed by atoms with van der Waals surface area (Å²) < 4.78 is 44.6. The van der Waals surface area contributed by atoms with Gasteiger partial charge < -0.3 is 9.47 Å². The highest BCUT2D eigenvalue weighted by atomic mass is 19.4. The van der Waals surface area contributed by atoms with Crippen LogP contribution >= 0.6 is 0 Å². The predicted molar refractivity (Wildman–Crippen MR) is 52.0 cm³/mol. The van der Waals surface area contributed by atoms with E-state index in [1.54, 1.807) is 0 Å². The topological polar surface area (TPSA) is 35.5 Å². The van der Waals surface area contributed by atoms with Crippen LogP contribution in [-0.2, 0) is 14.3 Å². The van der Waals surface area contributed by atoms with Crippen LogP contribution in [0.5, 0.6) is 0 Å². The predicted octanol–water partition coefficient (Wildman–Crippen LogP) is 2.69. The minimum Gasteiger partial charge on any atom is -0.464 e. The van der Waals surface area contributed by atoms with Crippen LogP contribution in [0.4, 0.5) is 13.2 Å². The van der Waals surface area contributed by atoms with Crippen LogP contribution in [0.2, 0.25) is 0 Å². The van der Waals surface area contributed by atoms with Crippen molar-refractivity contribution in [2.75, 3.05) is 19.8 Å². The van der Waals surface area contributed by atoms with Crippen LogP contribution < -0.4 is 0 Å². The number of halogens is 3. The Labute approximate surface area is 92.9 Å². The molecule has 0 unspecified atom stereocenters. The second-order valence-corrected chi connectivity index (χ2v) is 3.35. The summed E-state index contributed by atoms with van der Waals surface area (Å²) in [4.78, 5) is 10.9. The highest BCUT2D eigenvalue weighted by Gasteiger charge is 2.25. The van der Waals surface area contributed by atoms with E-state index in [9.17, 15) is 18.0 Å². The first kappa shape index (κ1) is 15.2. The van der Waals surface area contributed by atoms with Crippen LogP contribution in [0, 0.1) is 0 Å². The first-order valence-corrected chi connectivity index (χ1v) is 5.26. The Kier molecular flexibility index (Phi) is 7.97. The highest BCUT2D eigenvalue weighted by Crippen LogP contribution is 2.20. The van der Waals surface area contributed by atoms with Crippen molar-refractivity contribution in [2.45, 2.75) is 38.8 Å². The van der Waals surface area contributed by atoms with Gasteiger partial charge in [-0.15, -0.1) is 0 Å². The van der Waals surface area contributed by atoms with E-state index >= 15 is 0 Å². The summed E-state index contributed by atoms with van der Waals surface area (Å²) in [5, 5.41) is 0. The molecule has 0 saturated heterocycles. The monoisotopic (exact) mass is 242 g/mol. The Balaban J connectivity index is 3.28. The van der Waals surface area contributed by atoms with Gasteiger partial charge in [0.05, 0.1) is 6.61 Å². The zero-order chi connectivity index (χ0) is 12.4.